The van der Waals surface area contributed by atoms with E-state index in [0.717, 1.165) is 11.0 Å². The molecule has 0 heterocycles. The first-order valence-electron chi connectivity index (χ1n) is 6.20. The molecular weight excluding hydrogens is 286 g/mol. The second-order valence-electron chi connectivity index (χ2n) is 4.58. The van der Waals surface area contributed by atoms with Gasteiger partial charge in [0.1, 0.15) is 0 Å². The van der Waals surface area contributed by atoms with E-state index in [0.29, 0.717) is 6.04 Å². The monoisotopic (exact) mass is 303 g/mol. The van der Waals surface area contributed by atoms with E-state index in [-0.39, 0.29) is 0 Å². The summed E-state index contributed by atoms with van der Waals surface area (Å²) in [5, 5.41) is 3.56. The van der Waals surface area contributed by atoms with Crippen molar-refractivity contribution in [3.63, 3.8) is 0 Å². The molecule has 0 saturated carbocycles. The largest absolute Gasteiger partial charge is 0.306 e. The Morgan fingerprint density at radius 3 is 2.61 bits per heavy atom. The third kappa shape index (κ3) is 3.44. The van der Waals surface area contributed by atoms with Crippen molar-refractivity contribution in [2.75, 3.05) is 0 Å². The van der Waals surface area contributed by atoms with Crippen molar-refractivity contribution in [2.45, 2.75) is 26.4 Å². The van der Waals surface area contributed by atoms with Crippen molar-refractivity contribution in [1.82, 2.24) is 5.32 Å². The molecule has 0 aliphatic rings. The van der Waals surface area contributed by atoms with Crippen molar-refractivity contribution in [2.24, 2.45) is 0 Å². The Morgan fingerprint density at radius 1 is 1.11 bits per heavy atom. The maximum atomic E-state index is 3.56. The molecule has 2 heteroatoms. The number of hydrogen-bond donors (Lipinski definition) is 1. The molecular formula is C16H18BrN. The van der Waals surface area contributed by atoms with Gasteiger partial charge in [-0.2, -0.15) is 0 Å². The zero-order valence-electron chi connectivity index (χ0n) is 10.8. The maximum absolute atomic E-state index is 3.56. The second kappa shape index (κ2) is 6.17. The van der Waals surface area contributed by atoms with Crippen LogP contribution in [0.4, 0.5) is 0 Å². The highest BCUT2D eigenvalue weighted by Crippen LogP contribution is 2.18. The van der Waals surface area contributed by atoms with Crippen LogP contribution in [0.15, 0.2) is 53.0 Å². The molecule has 2 rings (SSSR count). The summed E-state index contributed by atoms with van der Waals surface area (Å²) >= 11 is 3.51. The lowest BCUT2D eigenvalue weighted by Gasteiger charge is -2.15. The minimum absolute atomic E-state index is 0.349. The predicted octanol–water partition coefficient (Wildman–Crippen LogP) is 4.61. The third-order valence-electron chi connectivity index (χ3n) is 3.21. The molecule has 0 bridgehead atoms. The molecule has 0 fully saturated rings. The fourth-order valence-electron chi connectivity index (χ4n) is 1.97. The van der Waals surface area contributed by atoms with Gasteiger partial charge in [0.25, 0.3) is 0 Å². The summed E-state index contributed by atoms with van der Waals surface area (Å²) in [6.45, 7) is 5.25. The molecule has 0 saturated heterocycles. The normalized spacial score (nSPS) is 12.4. The van der Waals surface area contributed by atoms with Crippen LogP contribution in [0.25, 0.3) is 0 Å². The van der Waals surface area contributed by atoms with Gasteiger partial charge in [0.05, 0.1) is 0 Å². The number of nitrogens with one attached hydrogen (secondary N) is 1. The van der Waals surface area contributed by atoms with Gasteiger partial charge in [0, 0.05) is 17.1 Å². The molecule has 1 N–H and O–H groups in total. The Morgan fingerprint density at radius 2 is 1.89 bits per heavy atom. The number of benzene rings is 2. The standard InChI is InChI=1S/C16H18BrN/c1-12-6-3-4-7-15(12)11-18-13(2)14-8-5-9-16(17)10-14/h3-10,13,18H,11H2,1-2H3. The average Bonchev–Trinajstić information content (AvgIpc) is 2.37. The van der Waals surface area contributed by atoms with Gasteiger partial charge in [-0.05, 0) is 42.7 Å². The first-order valence-corrected chi connectivity index (χ1v) is 6.99. The number of halogens is 1. The smallest absolute Gasteiger partial charge is 0.0295 e. The lowest BCUT2D eigenvalue weighted by atomic mass is 10.1. The SMILES string of the molecule is Cc1ccccc1CNC(C)c1cccc(Br)c1. The van der Waals surface area contributed by atoms with E-state index >= 15 is 0 Å². The van der Waals surface area contributed by atoms with Crippen LogP contribution in [-0.4, -0.2) is 0 Å². The minimum Gasteiger partial charge on any atom is -0.306 e. The molecule has 0 aliphatic carbocycles. The molecule has 1 nitrogen and oxygen atoms in total. The van der Waals surface area contributed by atoms with Crippen LogP contribution in [0.1, 0.15) is 29.7 Å². The number of aryl methyl sites for hydroxylation is 1. The van der Waals surface area contributed by atoms with E-state index < -0.39 is 0 Å². The maximum Gasteiger partial charge on any atom is 0.0295 e. The fraction of sp³-hybridized carbons (Fsp3) is 0.250. The lowest BCUT2D eigenvalue weighted by Crippen LogP contribution is -2.18. The molecule has 2 aromatic carbocycles. The van der Waals surface area contributed by atoms with Crippen molar-refractivity contribution in [3.8, 4) is 0 Å². The Hall–Kier alpha value is -1.12. The van der Waals surface area contributed by atoms with Crippen LogP contribution < -0.4 is 5.32 Å². The Balaban J connectivity index is 2.00. The second-order valence-corrected chi connectivity index (χ2v) is 5.50. The van der Waals surface area contributed by atoms with E-state index in [2.05, 4.69) is 83.6 Å². The highest BCUT2D eigenvalue weighted by Gasteiger charge is 2.05. The van der Waals surface area contributed by atoms with E-state index in [4.69, 9.17) is 0 Å². The van der Waals surface area contributed by atoms with Gasteiger partial charge < -0.3 is 5.32 Å². The summed E-state index contributed by atoms with van der Waals surface area (Å²) in [5.74, 6) is 0. The minimum atomic E-state index is 0.349. The molecule has 1 atom stereocenters. The summed E-state index contributed by atoms with van der Waals surface area (Å²) in [6, 6.07) is 17.3. The van der Waals surface area contributed by atoms with Gasteiger partial charge in [-0.1, -0.05) is 52.3 Å². The van der Waals surface area contributed by atoms with E-state index in [1.807, 2.05) is 0 Å². The molecule has 0 amide bonds. The summed E-state index contributed by atoms with van der Waals surface area (Å²) in [7, 11) is 0. The fourth-order valence-corrected chi connectivity index (χ4v) is 2.38. The van der Waals surface area contributed by atoms with Crippen molar-refractivity contribution in [3.05, 3.63) is 69.7 Å². The van der Waals surface area contributed by atoms with Crippen LogP contribution >= 0.6 is 15.9 Å². The van der Waals surface area contributed by atoms with Gasteiger partial charge in [0.15, 0.2) is 0 Å². The van der Waals surface area contributed by atoms with Crippen LogP contribution in [0.2, 0.25) is 0 Å². The van der Waals surface area contributed by atoms with E-state index in [1.165, 1.54) is 16.7 Å². The third-order valence-corrected chi connectivity index (χ3v) is 3.70. The van der Waals surface area contributed by atoms with Crippen LogP contribution in [-0.2, 0) is 6.54 Å². The predicted molar refractivity (Wildman–Crippen MR) is 80.6 cm³/mol. The average molecular weight is 304 g/mol. The zero-order valence-corrected chi connectivity index (χ0v) is 12.4. The Kier molecular flexibility index (Phi) is 4.56. The molecule has 1 unspecified atom stereocenters. The van der Waals surface area contributed by atoms with Gasteiger partial charge in [-0.15, -0.1) is 0 Å². The van der Waals surface area contributed by atoms with Crippen molar-refractivity contribution < 1.29 is 0 Å². The van der Waals surface area contributed by atoms with E-state index in [1.54, 1.807) is 0 Å². The van der Waals surface area contributed by atoms with Crippen LogP contribution in [0.3, 0.4) is 0 Å². The first-order chi connectivity index (χ1) is 8.66. The van der Waals surface area contributed by atoms with Crippen molar-refractivity contribution in [1.29, 1.82) is 0 Å². The first kappa shape index (κ1) is 13.3. The topological polar surface area (TPSA) is 12.0 Å². The quantitative estimate of drug-likeness (QED) is 0.870. The Labute approximate surface area is 117 Å². The lowest BCUT2D eigenvalue weighted by molar-refractivity contribution is 0.573. The van der Waals surface area contributed by atoms with Gasteiger partial charge in [-0.3, -0.25) is 0 Å². The summed E-state index contributed by atoms with van der Waals surface area (Å²) in [5.41, 5.74) is 4.00. The molecule has 0 aliphatic heterocycles. The summed E-state index contributed by atoms with van der Waals surface area (Å²) < 4.78 is 1.13. The molecule has 0 spiro atoms. The molecule has 94 valence electrons. The zero-order chi connectivity index (χ0) is 13.0. The molecule has 0 radical (unpaired) electrons. The van der Waals surface area contributed by atoms with Crippen LogP contribution in [0, 0.1) is 6.92 Å². The highest BCUT2D eigenvalue weighted by molar-refractivity contribution is 9.10. The summed E-state index contributed by atoms with van der Waals surface area (Å²) in [6.07, 6.45) is 0. The van der Waals surface area contributed by atoms with Crippen LogP contribution in [0.5, 0.6) is 0 Å². The van der Waals surface area contributed by atoms with Gasteiger partial charge >= 0.3 is 0 Å². The van der Waals surface area contributed by atoms with Gasteiger partial charge in [-0.25, -0.2) is 0 Å². The molecule has 0 aromatic heterocycles. The Bertz CT molecular complexity index is 522. The summed E-state index contributed by atoms with van der Waals surface area (Å²) in [4.78, 5) is 0. The number of hydrogen-bond acceptors (Lipinski definition) is 1. The van der Waals surface area contributed by atoms with Gasteiger partial charge in [0.2, 0.25) is 0 Å². The van der Waals surface area contributed by atoms with Crippen molar-refractivity contribution >= 4 is 15.9 Å². The molecule has 2 aromatic rings. The highest BCUT2D eigenvalue weighted by atomic mass is 79.9. The molecule has 18 heavy (non-hydrogen) atoms. The van der Waals surface area contributed by atoms with E-state index in [9.17, 15) is 0 Å². The number of rotatable bonds is 4.